The van der Waals surface area contributed by atoms with Crippen molar-refractivity contribution in [2.45, 2.75) is 48.5 Å². The molecule has 0 saturated heterocycles. The topological polar surface area (TPSA) is 116 Å². The van der Waals surface area contributed by atoms with Crippen LogP contribution in [0.1, 0.15) is 48.5 Å². The monoisotopic (exact) mass is 454 g/mol. The number of esters is 3. The SMILES string of the molecule is C=C(C)C(=O)OC.C=C(C)C(=O)OCC(C)C.C=C(C=C(C)C(=O)O)C(=O)OCC(C)C. The first-order chi connectivity index (χ1) is 14.6. The van der Waals surface area contributed by atoms with Crippen molar-refractivity contribution in [2.24, 2.45) is 11.8 Å². The third-order valence-electron chi connectivity index (χ3n) is 2.97. The third-order valence-corrected chi connectivity index (χ3v) is 2.97. The average Bonchev–Trinajstić information content (AvgIpc) is 2.69. The third kappa shape index (κ3) is 21.5. The van der Waals surface area contributed by atoms with Crippen LogP contribution in [0.15, 0.2) is 48.1 Å². The number of carboxylic acid groups (broad SMARTS) is 1. The molecule has 0 rings (SSSR count). The maximum absolute atomic E-state index is 11.2. The lowest BCUT2D eigenvalue weighted by molar-refractivity contribution is -0.140. The van der Waals surface area contributed by atoms with E-state index in [-0.39, 0.29) is 29.0 Å². The van der Waals surface area contributed by atoms with E-state index in [1.165, 1.54) is 20.1 Å². The quantitative estimate of drug-likeness (QED) is 0.238. The van der Waals surface area contributed by atoms with Gasteiger partial charge in [-0.2, -0.15) is 0 Å². The summed E-state index contributed by atoms with van der Waals surface area (Å²) in [6.45, 7) is 23.5. The summed E-state index contributed by atoms with van der Waals surface area (Å²) in [6.07, 6.45) is 1.20. The van der Waals surface area contributed by atoms with Crippen molar-refractivity contribution < 1.29 is 38.5 Å². The maximum atomic E-state index is 11.2. The lowest BCUT2D eigenvalue weighted by Crippen LogP contribution is -2.11. The first-order valence-electron chi connectivity index (χ1n) is 9.90. The predicted octanol–water partition coefficient (Wildman–Crippen LogP) is 4.27. The van der Waals surface area contributed by atoms with Gasteiger partial charge in [-0.3, -0.25) is 0 Å². The number of carbonyl (C=O) groups excluding carboxylic acids is 3. The van der Waals surface area contributed by atoms with Gasteiger partial charge in [0.05, 0.1) is 25.9 Å². The molecule has 0 heterocycles. The molecule has 0 radical (unpaired) electrons. The number of carboxylic acids is 1. The van der Waals surface area contributed by atoms with Crippen LogP contribution in [0.5, 0.6) is 0 Å². The summed E-state index contributed by atoms with van der Waals surface area (Å²) in [4.78, 5) is 42.6. The summed E-state index contributed by atoms with van der Waals surface area (Å²) in [6, 6.07) is 0. The van der Waals surface area contributed by atoms with E-state index in [0.717, 1.165) is 0 Å². The highest BCUT2D eigenvalue weighted by atomic mass is 16.5. The molecule has 0 bridgehead atoms. The Hall–Kier alpha value is -3.16. The van der Waals surface area contributed by atoms with Crippen LogP contribution in [0.4, 0.5) is 0 Å². The molecule has 8 heteroatoms. The highest BCUT2D eigenvalue weighted by Gasteiger charge is 2.09. The number of rotatable bonds is 9. The average molecular weight is 455 g/mol. The number of hydrogen-bond donors (Lipinski definition) is 1. The summed E-state index contributed by atoms with van der Waals surface area (Å²) >= 11 is 0. The smallest absolute Gasteiger partial charge is 0.337 e. The molecule has 8 nitrogen and oxygen atoms in total. The minimum absolute atomic E-state index is 0.0514. The first-order valence-corrected chi connectivity index (χ1v) is 9.90. The van der Waals surface area contributed by atoms with Gasteiger partial charge >= 0.3 is 23.9 Å². The minimum atomic E-state index is -1.08. The Kier molecular flexibility index (Phi) is 19.5. The van der Waals surface area contributed by atoms with E-state index in [0.29, 0.717) is 30.3 Å². The van der Waals surface area contributed by atoms with Crippen molar-refractivity contribution in [3.05, 3.63) is 48.1 Å². The lowest BCUT2D eigenvalue weighted by Gasteiger charge is -2.06. The number of aliphatic carboxylic acids is 1. The van der Waals surface area contributed by atoms with Crippen LogP contribution >= 0.6 is 0 Å². The molecule has 0 atom stereocenters. The van der Waals surface area contributed by atoms with E-state index in [1.54, 1.807) is 13.8 Å². The molecule has 0 spiro atoms. The predicted molar refractivity (Wildman–Crippen MR) is 124 cm³/mol. The van der Waals surface area contributed by atoms with Crippen LogP contribution in [-0.4, -0.2) is 49.3 Å². The van der Waals surface area contributed by atoms with Crippen LogP contribution in [0, 0.1) is 11.8 Å². The maximum Gasteiger partial charge on any atom is 0.337 e. The summed E-state index contributed by atoms with van der Waals surface area (Å²) in [7, 11) is 1.33. The van der Waals surface area contributed by atoms with Crippen molar-refractivity contribution in [3.63, 3.8) is 0 Å². The zero-order chi connectivity index (χ0) is 26.0. The molecule has 0 aliphatic heterocycles. The fourth-order valence-corrected chi connectivity index (χ4v) is 1.26. The van der Waals surface area contributed by atoms with E-state index in [2.05, 4.69) is 24.5 Å². The van der Waals surface area contributed by atoms with Crippen LogP contribution in [-0.2, 0) is 33.4 Å². The second kappa shape index (κ2) is 18.6. The zero-order valence-electron chi connectivity index (χ0n) is 20.6. The van der Waals surface area contributed by atoms with Gasteiger partial charge in [0.1, 0.15) is 0 Å². The van der Waals surface area contributed by atoms with Crippen molar-refractivity contribution in [1.82, 2.24) is 0 Å². The second-order valence-corrected chi connectivity index (χ2v) is 7.69. The number of ether oxygens (including phenoxy) is 3. The Morgan fingerprint density at radius 2 is 1.16 bits per heavy atom. The Morgan fingerprint density at radius 1 is 0.781 bits per heavy atom. The van der Waals surface area contributed by atoms with Crippen LogP contribution in [0.2, 0.25) is 0 Å². The molecule has 0 aliphatic carbocycles. The molecule has 1 N–H and O–H groups in total. The first kappa shape index (κ1) is 33.5. The standard InChI is InChI=1S/C11H16O4.C8H14O2.C5H8O2/c1-7(2)6-15-11(14)9(4)5-8(3)10(12)13;1-6(2)5-10-8(9)7(3)4;1-4(2)5(6)7-3/h5,7H,4,6H2,1-3H3,(H,12,13);6H,3,5H2,1-2,4H3;1H2,2-3H3. The van der Waals surface area contributed by atoms with Gasteiger partial charge in [-0.1, -0.05) is 47.4 Å². The highest BCUT2D eigenvalue weighted by Crippen LogP contribution is 2.04. The Labute approximate surface area is 191 Å². The molecule has 0 aromatic heterocycles. The number of carbonyl (C=O) groups is 4. The van der Waals surface area contributed by atoms with Gasteiger partial charge in [0, 0.05) is 16.7 Å². The molecular formula is C24H38O8. The zero-order valence-corrected chi connectivity index (χ0v) is 20.6. The molecule has 0 aromatic carbocycles. The molecule has 0 unspecified atom stereocenters. The van der Waals surface area contributed by atoms with Gasteiger partial charge in [-0.25, -0.2) is 19.2 Å². The number of hydrogen-bond acceptors (Lipinski definition) is 7. The normalized spacial score (nSPS) is 10.0. The van der Waals surface area contributed by atoms with E-state index < -0.39 is 11.9 Å². The van der Waals surface area contributed by atoms with Crippen molar-refractivity contribution in [2.75, 3.05) is 20.3 Å². The summed E-state index contributed by atoms with van der Waals surface area (Å²) in [5, 5.41) is 8.57. The second-order valence-electron chi connectivity index (χ2n) is 7.69. The van der Waals surface area contributed by atoms with Gasteiger partial charge in [0.25, 0.3) is 0 Å². The van der Waals surface area contributed by atoms with Crippen molar-refractivity contribution in [1.29, 1.82) is 0 Å². The lowest BCUT2D eigenvalue weighted by atomic mass is 10.2. The van der Waals surface area contributed by atoms with E-state index in [1.807, 2.05) is 27.7 Å². The molecule has 32 heavy (non-hydrogen) atoms. The van der Waals surface area contributed by atoms with Gasteiger partial charge in [-0.15, -0.1) is 0 Å². The summed E-state index contributed by atoms with van der Waals surface area (Å²) in [5.41, 5.74) is 1.00. The molecule has 0 saturated carbocycles. The Morgan fingerprint density at radius 3 is 1.41 bits per heavy atom. The number of methoxy groups -OCH3 is 1. The van der Waals surface area contributed by atoms with Crippen molar-refractivity contribution in [3.8, 4) is 0 Å². The Balaban J connectivity index is -0.000000427. The van der Waals surface area contributed by atoms with E-state index in [9.17, 15) is 19.2 Å². The van der Waals surface area contributed by atoms with Gasteiger partial charge in [0.2, 0.25) is 0 Å². The van der Waals surface area contributed by atoms with E-state index in [4.69, 9.17) is 14.6 Å². The fourth-order valence-electron chi connectivity index (χ4n) is 1.26. The summed E-state index contributed by atoms with van der Waals surface area (Å²) < 4.78 is 14.0. The van der Waals surface area contributed by atoms with Crippen LogP contribution in [0.25, 0.3) is 0 Å². The Bertz CT molecular complexity index is 712. The summed E-state index contributed by atoms with van der Waals surface area (Å²) in [5.74, 6) is -1.67. The molecule has 0 amide bonds. The molecular weight excluding hydrogens is 416 g/mol. The van der Waals surface area contributed by atoms with Gasteiger partial charge < -0.3 is 19.3 Å². The van der Waals surface area contributed by atoms with Gasteiger partial charge in [0.15, 0.2) is 0 Å². The van der Waals surface area contributed by atoms with Gasteiger partial charge in [-0.05, 0) is 38.7 Å². The van der Waals surface area contributed by atoms with Crippen LogP contribution in [0.3, 0.4) is 0 Å². The van der Waals surface area contributed by atoms with Crippen LogP contribution < -0.4 is 0 Å². The van der Waals surface area contributed by atoms with Crippen molar-refractivity contribution >= 4 is 23.9 Å². The molecule has 182 valence electrons. The minimum Gasteiger partial charge on any atom is -0.478 e. The molecule has 0 aromatic rings. The molecule has 0 fully saturated rings. The highest BCUT2D eigenvalue weighted by molar-refractivity contribution is 5.95. The largest absolute Gasteiger partial charge is 0.478 e. The fraction of sp³-hybridized carbons (Fsp3) is 0.500. The molecule has 0 aliphatic rings. The van der Waals surface area contributed by atoms with E-state index >= 15 is 0 Å².